The van der Waals surface area contributed by atoms with Gasteiger partial charge in [0.25, 0.3) is 0 Å². The van der Waals surface area contributed by atoms with Crippen LogP contribution in [0.1, 0.15) is 58.8 Å². The Morgan fingerprint density at radius 2 is 1.50 bits per heavy atom. The Hall–Kier alpha value is -4.41. The molecule has 3 aromatic carbocycles. The molecule has 0 bridgehead atoms. The maximum Gasteiger partial charge on any atom is 0.419 e. The summed E-state index contributed by atoms with van der Waals surface area (Å²) in [6.07, 6.45) is -4.60. The minimum Gasteiger partial charge on any atom is -0.494 e. The molecular weight excluding hydrogens is 536 g/mol. The van der Waals surface area contributed by atoms with Gasteiger partial charge in [0.1, 0.15) is 11.6 Å². The van der Waals surface area contributed by atoms with Gasteiger partial charge in [0.05, 0.1) is 30.6 Å². The second-order valence-electron chi connectivity index (χ2n) is 8.52. The highest BCUT2D eigenvalue weighted by molar-refractivity contribution is 5.87. The highest BCUT2D eigenvalue weighted by Crippen LogP contribution is 2.31. The normalized spacial score (nSPS) is 11.2. The van der Waals surface area contributed by atoms with Crippen LogP contribution in [0.3, 0.4) is 0 Å². The molecule has 0 fully saturated rings. The molecule has 11 heteroatoms. The van der Waals surface area contributed by atoms with Crippen LogP contribution in [-0.4, -0.2) is 39.8 Å². The van der Waals surface area contributed by atoms with Crippen LogP contribution >= 0.6 is 0 Å². The average molecular weight is 567 g/mol. The Morgan fingerprint density at radius 1 is 0.900 bits per heavy atom. The van der Waals surface area contributed by atoms with Crippen LogP contribution in [0.2, 0.25) is 0 Å². The maximum absolute atomic E-state index is 12.7. The van der Waals surface area contributed by atoms with Gasteiger partial charge in [0.15, 0.2) is 0 Å². The fraction of sp³-hybridized carbons (Fsp3) is 0.276. The average Bonchev–Trinajstić information content (AvgIpc) is 2.85. The predicted octanol–water partition coefficient (Wildman–Crippen LogP) is 6.83. The topological polar surface area (TPSA) is 121 Å². The number of halogens is 4. The number of carbonyl (C=O) groups is 3. The summed E-state index contributed by atoms with van der Waals surface area (Å²) in [6.45, 7) is 6.37. The molecule has 1 atom stereocenters. The molecule has 0 aliphatic carbocycles. The number of benzene rings is 3. The van der Waals surface area contributed by atoms with Gasteiger partial charge in [-0.25, -0.2) is 9.18 Å². The van der Waals surface area contributed by atoms with Crippen molar-refractivity contribution < 1.29 is 52.0 Å². The van der Waals surface area contributed by atoms with Crippen LogP contribution in [0.5, 0.6) is 5.75 Å². The maximum atomic E-state index is 12.7. The van der Waals surface area contributed by atoms with Gasteiger partial charge in [0, 0.05) is 5.56 Å². The lowest BCUT2D eigenvalue weighted by atomic mass is 9.97. The first kappa shape index (κ1) is 33.6. The molecule has 0 aliphatic heterocycles. The van der Waals surface area contributed by atoms with E-state index in [1.807, 2.05) is 51.1 Å². The van der Waals surface area contributed by atoms with Crippen molar-refractivity contribution in [1.29, 1.82) is 0 Å². The Kier molecular flexibility index (Phi) is 13.3. The van der Waals surface area contributed by atoms with Gasteiger partial charge in [-0.3, -0.25) is 9.59 Å². The van der Waals surface area contributed by atoms with Gasteiger partial charge in [-0.05, 0) is 49.6 Å². The molecule has 0 saturated heterocycles. The zero-order chi connectivity index (χ0) is 30.5. The number of ether oxygens (including phenoxy) is 1. The highest BCUT2D eigenvalue weighted by atomic mass is 19.4. The molecule has 3 N–H and O–H groups in total. The molecule has 0 radical (unpaired) electrons. The summed E-state index contributed by atoms with van der Waals surface area (Å²) < 4.78 is 54.0. The second-order valence-corrected chi connectivity index (χ2v) is 8.52. The smallest absolute Gasteiger partial charge is 0.419 e. The first-order chi connectivity index (χ1) is 18.6. The van der Waals surface area contributed by atoms with Gasteiger partial charge < -0.3 is 20.1 Å². The number of alkyl halides is 3. The van der Waals surface area contributed by atoms with E-state index >= 15 is 0 Å². The first-order valence-corrected chi connectivity index (χ1v) is 12.0. The highest BCUT2D eigenvalue weighted by Gasteiger charge is 2.34. The molecule has 3 rings (SSSR count). The Labute approximate surface area is 228 Å². The van der Waals surface area contributed by atoms with E-state index in [1.165, 1.54) is 5.56 Å². The van der Waals surface area contributed by atoms with Crippen molar-refractivity contribution in [3.05, 3.63) is 100 Å². The van der Waals surface area contributed by atoms with Crippen molar-refractivity contribution in [1.82, 2.24) is 0 Å². The Bertz CT molecular complexity index is 1270. The molecule has 0 amide bonds. The summed E-state index contributed by atoms with van der Waals surface area (Å²) in [4.78, 5) is 31.2. The fourth-order valence-electron chi connectivity index (χ4n) is 3.26. The number of hydrogen-bond donors (Lipinski definition) is 3. The summed E-state index contributed by atoms with van der Waals surface area (Å²) in [5.74, 6) is -3.89. The van der Waals surface area contributed by atoms with Crippen LogP contribution in [0.25, 0.3) is 0 Å². The van der Waals surface area contributed by atoms with Crippen molar-refractivity contribution >= 4 is 17.9 Å². The molecule has 0 saturated carbocycles. The molecule has 0 heterocycles. The van der Waals surface area contributed by atoms with Crippen LogP contribution in [0, 0.1) is 12.7 Å². The molecular formula is C29H30F4O7. The van der Waals surface area contributed by atoms with Crippen LogP contribution in [0.4, 0.5) is 17.6 Å². The van der Waals surface area contributed by atoms with E-state index in [2.05, 4.69) is 0 Å². The lowest BCUT2D eigenvalue weighted by molar-refractivity contribution is -0.140. The van der Waals surface area contributed by atoms with Gasteiger partial charge in [-0.1, -0.05) is 55.0 Å². The number of aliphatic carboxylic acids is 2. The Balaban J connectivity index is 0.000000300. The van der Waals surface area contributed by atoms with Crippen molar-refractivity contribution in [3.63, 3.8) is 0 Å². The molecule has 216 valence electrons. The third-order valence-electron chi connectivity index (χ3n) is 5.26. The third-order valence-corrected chi connectivity index (χ3v) is 5.26. The fourth-order valence-corrected chi connectivity index (χ4v) is 3.26. The van der Waals surface area contributed by atoms with Crippen molar-refractivity contribution in [2.75, 3.05) is 6.61 Å². The summed E-state index contributed by atoms with van der Waals surface area (Å²) >= 11 is 0. The SMILES string of the molecule is CCOc1ccccc1CC(=O)O.Cc1ccc(C(C)CC(=O)O)cc1.O=C(O)c1ccc(C(F)(F)F)c(F)c1. The minimum absolute atomic E-state index is 0.0101. The predicted molar refractivity (Wildman–Crippen MR) is 139 cm³/mol. The van der Waals surface area contributed by atoms with Crippen LogP contribution in [0.15, 0.2) is 66.7 Å². The zero-order valence-electron chi connectivity index (χ0n) is 22.0. The van der Waals surface area contributed by atoms with Gasteiger partial charge in [-0.15, -0.1) is 0 Å². The van der Waals surface area contributed by atoms with E-state index in [4.69, 9.17) is 20.1 Å². The molecule has 3 aromatic rings. The summed E-state index contributed by atoms with van der Waals surface area (Å²) in [7, 11) is 0. The largest absolute Gasteiger partial charge is 0.494 e. The third kappa shape index (κ3) is 12.0. The van der Waals surface area contributed by atoms with E-state index in [0.29, 0.717) is 30.6 Å². The van der Waals surface area contributed by atoms with Crippen LogP contribution in [-0.2, 0) is 22.2 Å². The van der Waals surface area contributed by atoms with Crippen LogP contribution < -0.4 is 4.74 Å². The molecule has 0 aromatic heterocycles. The summed E-state index contributed by atoms with van der Waals surface area (Å²) in [5.41, 5.74) is 1.02. The molecule has 0 aliphatic rings. The monoisotopic (exact) mass is 566 g/mol. The number of aromatic carboxylic acids is 1. The van der Waals surface area contributed by atoms with E-state index in [1.54, 1.807) is 18.2 Å². The molecule has 40 heavy (non-hydrogen) atoms. The van der Waals surface area contributed by atoms with Crippen molar-refractivity contribution in [3.8, 4) is 5.75 Å². The number of aryl methyl sites for hydroxylation is 1. The summed E-state index contributed by atoms with van der Waals surface area (Å²) in [5, 5.41) is 25.6. The molecule has 0 spiro atoms. The Morgan fingerprint density at radius 3 is 1.98 bits per heavy atom. The lowest BCUT2D eigenvalue weighted by Crippen LogP contribution is -2.09. The summed E-state index contributed by atoms with van der Waals surface area (Å²) in [6, 6.07) is 16.6. The zero-order valence-corrected chi connectivity index (χ0v) is 22.0. The lowest BCUT2D eigenvalue weighted by Gasteiger charge is -2.08. The van der Waals surface area contributed by atoms with E-state index in [-0.39, 0.29) is 18.8 Å². The number of hydrogen-bond acceptors (Lipinski definition) is 4. The number of rotatable bonds is 8. The standard InChI is InChI=1S/C11H14O2.C10H12O3.C8H4F4O2/c1-8-3-5-10(6-4-8)9(2)7-11(12)13;1-2-13-9-6-4-3-5-8(9)7-10(11)12;9-6-3-4(7(13)14)1-2-5(6)8(10,11)12/h3-6,9H,7H2,1-2H3,(H,12,13);3-6H,2,7H2,1H3,(H,11,12);1-3H,(H,13,14). The minimum atomic E-state index is -4.80. The number of carboxylic acid groups (broad SMARTS) is 3. The quantitative estimate of drug-likeness (QED) is 0.256. The van der Waals surface area contributed by atoms with Gasteiger partial charge >= 0.3 is 24.1 Å². The molecule has 7 nitrogen and oxygen atoms in total. The van der Waals surface area contributed by atoms with Gasteiger partial charge in [-0.2, -0.15) is 13.2 Å². The van der Waals surface area contributed by atoms with Gasteiger partial charge in [0.2, 0.25) is 0 Å². The number of para-hydroxylation sites is 1. The van der Waals surface area contributed by atoms with E-state index < -0.39 is 41.0 Å². The second kappa shape index (κ2) is 15.9. The van der Waals surface area contributed by atoms with Crippen molar-refractivity contribution in [2.45, 2.75) is 45.7 Å². The number of carboxylic acids is 3. The first-order valence-electron chi connectivity index (χ1n) is 12.0. The van der Waals surface area contributed by atoms with E-state index in [0.717, 1.165) is 11.1 Å². The van der Waals surface area contributed by atoms with E-state index in [9.17, 15) is 31.9 Å². The van der Waals surface area contributed by atoms with Crippen molar-refractivity contribution in [2.24, 2.45) is 0 Å². The molecule has 1 unspecified atom stereocenters.